The zero-order chi connectivity index (χ0) is 10.1. The maximum Gasteiger partial charge on any atom is 0.332 e. The van der Waals surface area contributed by atoms with Crippen molar-refractivity contribution in [3.8, 4) is 0 Å². The molecule has 0 aromatic carbocycles. The minimum atomic E-state index is -1.09. The van der Waals surface area contributed by atoms with Gasteiger partial charge in [-0.15, -0.1) is 0 Å². The van der Waals surface area contributed by atoms with Gasteiger partial charge in [0.2, 0.25) is 0 Å². The summed E-state index contributed by atoms with van der Waals surface area (Å²) in [5.74, 6) is -1.09. The van der Waals surface area contributed by atoms with Crippen molar-refractivity contribution in [3.63, 3.8) is 0 Å². The Morgan fingerprint density at radius 3 is 2.92 bits per heavy atom. The van der Waals surface area contributed by atoms with Crippen LogP contribution in [0.3, 0.4) is 0 Å². The maximum absolute atomic E-state index is 10.5. The molecule has 7 nitrogen and oxygen atoms in total. The van der Waals surface area contributed by atoms with Crippen molar-refractivity contribution in [2.45, 2.75) is 12.5 Å². The lowest BCUT2D eigenvalue weighted by molar-refractivity contribution is -0.159. The van der Waals surface area contributed by atoms with E-state index in [0.717, 1.165) is 0 Å². The zero-order valence-electron chi connectivity index (χ0n) is 7.21. The van der Waals surface area contributed by atoms with E-state index in [1.54, 1.807) is 0 Å². The first kappa shape index (κ1) is 11.7. The molecule has 0 bridgehead atoms. The summed E-state index contributed by atoms with van der Waals surface area (Å²) in [4.78, 5) is 13.0. The second kappa shape index (κ2) is 7.35. The lowest BCUT2D eigenvalue weighted by atomic mass is 10.2. The van der Waals surface area contributed by atoms with Crippen LogP contribution in [0.2, 0.25) is 0 Å². The standard InChI is InChI=1S/C6H11N3O4/c1-12-4-13-5(6(10)11)2-3-8-9-7/h5H,2-4H2,1H3,(H,10,11). The fraction of sp³-hybridized carbons (Fsp3) is 0.833. The maximum atomic E-state index is 10.5. The number of rotatable bonds is 7. The van der Waals surface area contributed by atoms with Gasteiger partial charge in [-0.05, 0) is 12.0 Å². The average molecular weight is 189 g/mol. The fourth-order valence-corrected chi connectivity index (χ4v) is 0.648. The van der Waals surface area contributed by atoms with E-state index >= 15 is 0 Å². The zero-order valence-corrected chi connectivity index (χ0v) is 7.21. The van der Waals surface area contributed by atoms with Crippen LogP contribution < -0.4 is 0 Å². The van der Waals surface area contributed by atoms with Gasteiger partial charge in [0.25, 0.3) is 0 Å². The monoisotopic (exact) mass is 189 g/mol. The van der Waals surface area contributed by atoms with Crippen LogP contribution in [0.4, 0.5) is 0 Å². The Bertz CT molecular complexity index is 202. The highest BCUT2D eigenvalue weighted by Gasteiger charge is 2.16. The van der Waals surface area contributed by atoms with Crippen molar-refractivity contribution >= 4 is 5.97 Å². The Labute approximate surface area is 74.9 Å². The number of azide groups is 1. The number of nitrogens with zero attached hydrogens (tertiary/aromatic N) is 3. The molecule has 0 heterocycles. The lowest BCUT2D eigenvalue weighted by Crippen LogP contribution is -2.25. The molecule has 7 heteroatoms. The highest BCUT2D eigenvalue weighted by molar-refractivity contribution is 5.72. The van der Waals surface area contributed by atoms with Crippen LogP contribution in [0.25, 0.3) is 10.4 Å². The highest BCUT2D eigenvalue weighted by Crippen LogP contribution is 1.99. The molecule has 0 aliphatic rings. The molecule has 0 spiro atoms. The molecule has 0 aromatic heterocycles. The number of carbonyl (C=O) groups is 1. The van der Waals surface area contributed by atoms with Crippen molar-refractivity contribution in [3.05, 3.63) is 10.4 Å². The van der Waals surface area contributed by atoms with Crippen LogP contribution in [0.1, 0.15) is 6.42 Å². The summed E-state index contributed by atoms with van der Waals surface area (Å²) >= 11 is 0. The Balaban J connectivity index is 3.79. The Morgan fingerprint density at radius 1 is 1.77 bits per heavy atom. The SMILES string of the molecule is COCOC(CCN=[N+]=[N-])C(=O)O. The summed E-state index contributed by atoms with van der Waals surface area (Å²) < 4.78 is 9.33. The predicted molar refractivity (Wildman–Crippen MR) is 43.0 cm³/mol. The Kier molecular flexibility index (Phi) is 6.62. The van der Waals surface area contributed by atoms with Gasteiger partial charge in [0.1, 0.15) is 6.79 Å². The third kappa shape index (κ3) is 5.92. The van der Waals surface area contributed by atoms with Crippen LogP contribution in [0, 0.1) is 0 Å². The minimum Gasteiger partial charge on any atom is -0.479 e. The average Bonchev–Trinajstić information content (AvgIpc) is 2.10. The quantitative estimate of drug-likeness (QED) is 0.276. The lowest BCUT2D eigenvalue weighted by Gasteiger charge is -2.10. The van der Waals surface area contributed by atoms with Gasteiger partial charge < -0.3 is 14.6 Å². The minimum absolute atomic E-state index is 0.0900. The molecule has 1 atom stereocenters. The number of hydrogen-bond acceptors (Lipinski definition) is 4. The van der Waals surface area contributed by atoms with Crippen molar-refractivity contribution in [1.82, 2.24) is 0 Å². The van der Waals surface area contributed by atoms with Gasteiger partial charge in [-0.1, -0.05) is 5.11 Å². The van der Waals surface area contributed by atoms with Gasteiger partial charge in [-0.3, -0.25) is 0 Å². The molecule has 0 aromatic rings. The van der Waals surface area contributed by atoms with Gasteiger partial charge in [0.05, 0.1) is 0 Å². The summed E-state index contributed by atoms with van der Waals surface area (Å²) in [6.07, 6.45) is -0.839. The van der Waals surface area contributed by atoms with E-state index in [2.05, 4.69) is 14.8 Å². The summed E-state index contributed by atoms with van der Waals surface area (Å²) in [6.45, 7) is 0.00438. The number of carboxylic acids is 1. The van der Waals surface area contributed by atoms with E-state index in [4.69, 9.17) is 15.4 Å². The van der Waals surface area contributed by atoms with Crippen LogP contribution in [0.15, 0.2) is 5.11 Å². The van der Waals surface area contributed by atoms with E-state index in [1.165, 1.54) is 7.11 Å². The van der Waals surface area contributed by atoms with Crippen molar-refractivity contribution in [1.29, 1.82) is 0 Å². The first-order chi connectivity index (χ1) is 6.22. The van der Waals surface area contributed by atoms with Crippen molar-refractivity contribution in [2.75, 3.05) is 20.4 Å². The second-order valence-corrected chi connectivity index (χ2v) is 2.14. The first-order valence-electron chi connectivity index (χ1n) is 3.56. The molecule has 0 aliphatic heterocycles. The molecule has 0 rings (SSSR count). The topological polar surface area (TPSA) is 105 Å². The van der Waals surface area contributed by atoms with E-state index in [-0.39, 0.29) is 19.8 Å². The Hall–Kier alpha value is -1.30. The van der Waals surface area contributed by atoms with Crippen LogP contribution in [-0.4, -0.2) is 37.6 Å². The summed E-state index contributed by atoms with van der Waals surface area (Å²) in [5, 5.41) is 11.8. The van der Waals surface area contributed by atoms with Crippen LogP contribution >= 0.6 is 0 Å². The van der Waals surface area contributed by atoms with Gasteiger partial charge in [-0.2, -0.15) is 0 Å². The van der Waals surface area contributed by atoms with Crippen molar-refractivity contribution < 1.29 is 19.4 Å². The van der Waals surface area contributed by atoms with E-state index in [1.807, 2.05) is 0 Å². The third-order valence-electron chi connectivity index (χ3n) is 1.22. The summed E-state index contributed by atoms with van der Waals surface area (Å²) in [6, 6.07) is 0. The number of hydrogen-bond donors (Lipinski definition) is 1. The van der Waals surface area contributed by atoms with E-state index in [0.29, 0.717) is 0 Å². The van der Waals surface area contributed by atoms with Crippen LogP contribution in [0.5, 0.6) is 0 Å². The van der Waals surface area contributed by atoms with Crippen LogP contribution in [-0.2, 0) is 14.3 Å². The number of ether oxygens (including phenoxy) is 2. The van der Waals surface area contributed by atoms with Gasteiger partial charge in [0, 0.05) is 18.6 Å². The largest absolute Gasteiger partial charge is 0.479 e. The summed E-state index contributed by atoms with van der Waals surface area (Å²) in [7, 11) is 1.40. The molecule has 0 fully saturated rings. The molecular formula is C6H11N3O4. The normalized spacial score (nSPS) is 11.8. The molecule has 0 radical (unpaired) electrons. The van der Waals surface area contributed by atoms with Gasteiger partial charge in [-0.25, -0.2) is 4.79 Å². The third-order valence-corrected chi connectivity index (χ3v) is 1.22. The molecule has 0 aliphatic carbocycles. The van der Waals surface area contributed by atoms with Gasteiger partial charge >= 0.3 is 5.97 Å². The fourth-order valence-electron chi connectivity index (χ4n) is 0.648. The molecule has 0 saturated carbocycles. The molecule has 13 heavy (non-hydrogen) atoms. The van der Waals surface area contributed by atoms with E-state index in [9.17, 15) is 4.79 Å². The molecular weight excluding hydrogens is 178 g/mol. The van der Waals surface area contributed by atoms with E-state index < -0.39 is 12.1 Å². The molecule has 1 unspecified atom stereocenters. The summed E-state index contributed by atoms with van der Waals surface area (Å²) in [5.41, 5.74) is 7.94. The molecule has 74 valence electrons. The second-order valence-electron chi connectivity index (χ2n) is 2.14. The number of carboxylic acid groups (broad SMARTS) is 1. The highest BCUT2D eigenvalue weighted by atomic mass is 16.7. The molecule has 0 amide bonds. The molecule has 0 saturated heterocycles. The number of methoxy groups -OCH3 is 1. The first-order valence-corrected chi connectivity index (χ1v) is 3.56. The number of aliphatic carboxylic acids is 1. The smallest absolute Gasteiger partial charge is 0.332 e. The van der Waals surface area contributed by atoms with Crippen molar-refractivity contribution in [2.24, 2.45) is 5.11 Å². The predicted octanol–water partition coefficient (Wildman–Crippen LogP) is 0.761. The van der Waals surface area contributed by atoms with Gasteiger partial charge in [0.15, 0.2) is 6.10 Å². The molecule has 1 N–H and O–H groups in total. The Morgan fingerprint density at radius 2 is 2.46 bits per heavy atom.